The summed E-state index contributed by atoms with van der Waals surface area (Å²) in [7, 11) is 0. The highest BCUT2D eigenvalue weighted by Gasteiger charge is 2.28. The van der Waals surface area contributed by atoms with Crippen molar-refractivity contribution in [2.75, 3.05) is 10.6 Å². The van der Waals surface area contributed by atoms with Gasteiger partial charge in [-0.25, -0.2) is 0 Å². The summed E-state index contributed by atoms with van der Waals surface area (Å²) in [4.78, 5) is 25.6. The maximum atomic E-state index is 12.4. The Bertz CT molecular complexity index is 971. The minimum absolute atomic E-state index is 0.127. The predicted octanol–water partition coefficient (Wildman–Crippen LogP) is 4.28. The first-order valence-electron chi connectivity index (χ1n) is 8.04. The van der Waals surface area contributed by atoms with E-state index in [0.717, 1.165) is 27.0 Å². The molecule has 1 aliphatic heterocycles. The maximum absolute atomic E-state index is 12.4. The van der Waals surface area contributed by atoms with Crippen LogP contribution < -0.4 is 10.6 Å². The largest absolute Gasteiger partial charge is 0.326 e. The van der Waals surface area contributed by atoms with Crippen LogP contribution in [0.25, 0.3) is 10.8 Å². The van der Waals surface area contributed by atoms with Gasteiger partial charge in [-0.2, -0.15) is 0 Å². The lowest BCUT2D eigenvalue weighted by molar-refractivity contribution is -0.120. The molecule has 0 radical (unpaired) electrons. The van der Waals surface area contributed by atoms with Crippen LogP contribution in [-0.4, -0.2) is 17.1 Å². The van der Waals surface area contributed by atoms with Crippen molar-refractivity contribution in [2.45, 2.75) is 16.6 Å². The summed E-state index contributed by atoms with van der Waals surface area (Å²) in [5, 5.41) is 7.53. The Hall–Kier alpha value is -2.79. The number of carbonyl (C=O) groups is 2. The van der Waals surface area contributed by atoms with Crippen LogP contribution in [0.4, 0.5) is 11.4 Å². The molecule has 0 spiro atoms. The van der Waals surface area contributed by atoms with Crippen molar-refractivity contribution < 1.29 is 9.59 Å². The van der Waals surface area contributed by atoms with E-state index in [1.807, 2.05) is 66.7 Å². The SMILES string of the molecule is O=C(C[C@@H]1Sc2ccccc2NC1=O)Nc1ccc2ccccc2c1. The number of fused-ring (bicyclic) bond motifs is 2. The Morgan fingerprint density at radius 2 is 1.76 bits per heavy atom. The lowest BCUT2D eigenvalue weighted by atomic mass is 10.1. The average molecular weight is 348 g/mol. The first-order chi connectivity index (χ1) is 12.2. The molecular formula is C20H16N2O2S. The molecule has 5 heteroatoms. The third-order valence-corrected chi connectivity index (χ3v) is 5.39. The number of hydrogen-bond acceptors (Lipinski definition) is 3. The van der Waals surface area contributed by atoms with E-state index >= 15 is 0 Å². The second-order valence-corrected chi connectivity index (χ2v) is 7.15. The van der Waals surface area contributed by atoms with E-state index in [-0.39, 0.29) is 18.2 Å². The van der Waals surface area contributed by atoms with Gasteiger partial charge >= 0.3 is 0 Å². The number of nitrogens with one attached hydrogen (secondary N) is 2. The minimum atomic E-state index is -0.421. The van der Waals surface area contributed by atoms with Gasteiger partial charge in [0.2, 0.25) is 11.8 Å². The van der Waals surface area contributed by atoms with Crippen LogP contribution in [0.5, 0.6) is 0 Å². The molecule has 0 aromatic heterocycles. The standard InChI is InChI=1S/C20H16N2O2S/c23-19(21-15-10-9-13-5-1-2-6-14(13)11-15)12-18-20(24)22-16-7-3-4-8-17(16)25-18/h1-11,18H,12H2,(H,21,23)(H,22,24)/t18-/m0/s1. The van der Waals surface area contributed by atoms with Gasteiger partial charge in [0.15, 0.2) is 0 Å². The molecule has 0 saturated carbocycles. The molecule has 0 bridgehead atoms. The fourth-order valence-corrected chi connectivity index (χ4v) is 3.98. The predicted molar refractivity (Wildman–Crippen MR) is 102 cm³/mol. The van der Waals surface area contributed by atoms with Crippen molar-refractivity contribution >= 4 is 45.7 Å². The smallest absolute Gasteiger partial charge is 0.238 e. The summed E-state index contributed by atoms with van der Waals surface area (Å²) >= 11 is 1.43. The minimum Gasteiger partial charge on any atom is -0.326 e. The van der Waals surface area contributed by atoms with Crippen LogP contribution in [-0.2, 0) is 9.59 Å². The van der Waals surface area contributed by atoms with E-state index in [4.69, 9.17) is 0 Å². The Labute approximate surface area is 149 Å². The second-order valence-electron chi connectivity index (χ2n) is 5.91. The van der Waals surface area contributed by atoms with Crippen molar-refractivity contribution in [1.82, 2.24) is 0 Å². The molecule has 2 amide bonds. The molecule has 1 heterocycles. The molecular weight excluding hydrogens is 332 g/mol. The van der Waals surface area contributed by atoms with E-state index in [0.29, 0.717) is 0 Å². The monoisotopic (exact) mass is 348 g/mol. The fraction of sp³-hybridized carbons (Fsp3) is 0.100. The molecule has 1 aliphatic rings. The van der Waals surface area contributed by atoms with E-state index in [9.17, 15) is 9.59 Å². The van der Waals surface area contributed by atoms with Gasteiger partial charge in [0.1, 0.15) is 0 Å². The molecule has 25 heavy (non-hydrogen) atoms. The summed E-state index contributed by atoms with van der Waals surface area (Å²) in [6.07, 6.45) is 0.137. The Balaban J connectivity index is 1.45. The zero-order chi connectivity index (χ0) is 17.2. The molecule has 2 N–H and O–H groups in total. The number of anilines is 2. The van der Waals surface area contributed by atoms with Crippen LogP contribution in [0, 0.1) is 0 Å². The molecule has 0 fully saturated rings. The first-order valence-corrected chi connectivity index (χ1v) is 8.92. The van der Waals surface area contributed by atoms with Gasteiger partial charge < -0.3 is 10.6 Å². The van der Waals surface area contributed by atoms with Crippen molar-refractivity contribution in [3.8, 4) is 0 Å². The fourth-order valence-electron chi connectivity index (χ4n) is 2.87. The van der Waals surface area contributed by atoms with Crippen molar-refractivity contribution in [1.29, 1.82) is 0 Å². The highest BCUT2D eigenvalue weighted by Crippen LogP contribution is 2.36. The number of para-hydroxylation sites is 1. The normalized spacial score (nSPS) is 16.2. The third kappa shape index (κ3) is 3.37. The zero-order valence-corrected chi connectivity index (χ0v) is 14.2. The Kier molecular flexibility index (Phi) is 4.15. The number of hydrogen-bond donors (Lipinski definition) is 2. The summed E-state index contributed by atoms with van der Waals surface area (Å²) in [6.45, 7) is 0. The highest BCUT2D eigenvalue weighted by atomic mass is 32.2. The van der Waals surface area contributed by atoms with Gasteiger partial charge in [-0.15, -0.1) is 11.8 Å². The lowest BCUT2D eigenvalue weighted by Gasteiger charge is -2.23. The van der Waals surface area contributed by atoms with E-state index < -0.39 is 5.25 Å². The van der Waals surface area contributed by atoms with Gasteiger partial charge in [0, 0.05) is 17.0 Å². The van der Waals surface area contributed by atoms with Crippen LogP contribution in [0.3, 0.4) is 0 Å². The van der Waals surface area contributed by atoms with Crippen molar-refractivity contribution in [3.63, 3.8) is 0 Å². The topological polar surface area (TPSA) is 58.2 Å². The summed E-state index contributed by atoms with van der Waals surface area (Å²) < 4.78 is 0. The van der Waals surface area contributed by atoms with Gasteiger partial charge in [-0.05, 0) is 35.0 Å². The van der Waals surface area contributed by atoms with E-state index in [2.05, 4.69) is 10.6 Å². The number of rotatable bonds is 3. The molecule has 4 nitrogen and oxygen atoms in total. The number of carbonyl (C=O) groups excluding carboxylic acids is 2. The summed E-state index contributed by atoms with van der Waals surface area (Å²) in [5.74, 6) is -0.292. The second kappa shape index (κ2) is 6.61. The zero-order valence-electron chi connectivity index (χ0n) is 13.4. The van der Waals surface area contributed by atoms with Gasteiger partial charge in [-0.3, -0.25) is 9.59 Å². The Morgan fingerprint density at radius 3 is 2.64 bits per heavy atom. The lowest BCUT2D eigenvalue weighted by Crippen LogP contribution is -2.32. The molecule has 0 aliphatic carbocycles. The molecule has 1 atom stereocenters. The first kappa shape index (κ1) is 15.7. The van der Waals surface area contributed by atoms with Crippen LogP contribution in [0.15, 0.2) is 71.6 Å². The highest BCUT2D eigenvalue weighted by molar-refractivity contribution is 8.01. The van der Waals surface area contributed by atoms with Crippen molar-refractivity contribution in [2.24, 2.45) is 0 Å². The number of benzene rings is 3. The molecule has 3 aromatic rings. The third-order valence-electron chi connectivity index (χ3n) is 4.11. The molecule has 0 saturated heterocycles. The van der Waals surface area contributed by atoms with E-state index in [1.165, 1.54) is 11.8 Å². The molecule has 124 valence electrons. The van der Waals surface area contributed by atoms with Gasteiger partial charge in [-0.1, -0.05) is 42.5 Å². The van der Waals surface area contributed by atoms with Crippen LogP contribution in [0.1, 0.15) is 6.42 Å². The summed E-state index contributed by atoms with van der Waals surface area (Å²) in [5.41, 5.74) is 1.55. The van der Waals surface area contributed by atoms with Gasteiger partial charge in [0.05, 0.1) is 10.9 Å². The van der Waals surface area contributed by atoms with Gasteiger partial charge in [0.25, 0.3) is 0 Å². The quantitative estimate of drug-likeness (QED) is 0.743. The number of thioether (sulfide) groups is 1. The van der Waals surface area contributed by atoms with Crippen LogP contribution in [0.2, 0.25) is 0 Å². The molecule has 3 aromatic carbocycles. The molecule has 4 rings (SSSR count). The Morgan fingerprint density at radius 1 is 1.00 bits per heavy atom. The maximum Gasteiger partial charge on any atom is 0.238 e. The van der Waals surface area contributed by atoms with Crippen molar-refractivity contribution in [3.05, 3.63) is 66.7 Å². The van der Waals surface area contributed by atoms with Crippen LogP contribution >= 0.6 is 11.8 Å². The number of amides is 2. The summed E-state index contributed by atoms with van der Waals surface area (Å²) in [6, 6.07) is 21.4. The van der Waals surface area contributed by atoms with E-state index in [1.54, 1.807) is 0 Å². The average Bonchev–Trinajstić information content (AvgIpc) is 2.62. The molecule has 0 unspecified atom stereocenters.